The van der Waals surface area contributed by atoms with Crippen LogP contribution in [0.5, 0.6) is 0 Å². The largest absolute Gasteiger partial charge is 0.370 e. The molecule has 8 heteroatoms. The van der Waals surface area contributed by atoms with Crippen molar-refractivity contribution in [2.45, 2.75) is 25.5 Å². The molecule has 7 nitrogen and oxygen atoms in total. The Balaban J connectivity index is 1.51. The van der Waals surface area contributed by atoms with E-state index in [9.17, 15) is 9.18 Å². The van der Waals surface area contributed by atoms with Crippen LogP contribution in [0.15, 0.2) is 30.6 Å². The van der Waals surface area contributed by atoms with Gasteiger partial charge in [-0.15, -0.1) is 5.10 Å². The second-order valence-electron chi connectivity index (χ2n) is 5.43. The van der Waals surface area contributed by atoms with E-state index in [1.54, 1.807) is 21.7 Å². The number of aromatic nitrogens is 4. The predicted molar refractivity (Wildman–Crippen MR) is 78.7 cm³/mol. The summed E-state index contributed by atoms with van der Waals surface area (Å²) in [6.07, 6.45) is 2.45. The maximum absolute atomic E-state index is 13.0. The van der Waals surface area contributed by atoms with Gasteiger partial charge in [-0.1, -0.05) is 12.1 Å². The highest BCUT2D eigenvalue weighted by Gasteiger charge is 2.25. The summed E-state index contributed by atoms with van der Waals surface area (Å²) in [4.78, 5) is 14.1. The highest BCUT2D eigenvalue weighted by molar-refractivity contribution is 5.76. The van der Waals surface area contributed by atoms with Crippen LogP contribution in [0, 0.1) is 5.82 Å². The molecule has 1 aromatic heterocycles. The summed E-state index contributed by atoms with van der Waals surface area (Å²) in [7, 11) is 0. The Labute approximate surface area is 133 Å². The number of hydrogen-bond acceptors (Lipinski definition) is 5. The van der Waals surface area contributed by atoms with Crippen LogP contribution >= 0.6 is 0 Å². The average Bonchev–Trinajstić information content (AvgIpc) is 3.09. The van der Waals surface area contributed by atoms with Crippen LogP contribution < -0.4 is 0 Å². The summed E-state index contributed by atoms with van der Waals surface area (Å²) >= 11 is 0. The summed E-state index contributed by atoms with van der Waals surface area (Å²) in [5.74, 6) is -0.187. The summed E-state index contributed by atoms with van der Waals surface area (Å²) < 4.78 is 20.3. The monoisotopic (exact) mass is 319 g/mol. The molecule has 3 rings (SSSR count). The SMILES string of the molecule is O=C(CCCn1cnnn1)N1CCO[C@@H](c2ccc(F)cc2)C1. The van der Waals surface area contributed by atoms with E-state index in [1.807, 2.05) is 0 Å². The second-order valence-corrected chi connectivity index (χ2v) is 5.43. The lowest BCUT2D eigenvalue weighted by molar-refractivity contribution is -0.139. The maximum Gasteiger partial charge on any atom is 0.222 e. The number of morpholine rings is 1. The highest BCUT2D eigenvalue weighted by Crippen LogP contribution is 2.23. The molecule has 0 aliphatic carbocycles. The molecule has 0 N–H and O–H groups in total. The molecule has 2 heterocycles. The van der Waals surface area contributed by atoms with Crippen molar-refractivity contribution in [3.8, 4) is 0 Å². The van der Waals surface area contributed by atoms with Crippen molar-refractivity contribution in [2.75, 3.05) is 19.7 Å². The van der Waals surface area contributed by atoms with Gasteiger partial charge >= 0.3 is 0 Å². The number of benzene rings is 1. The lowest BCUT2D eigenvalue weighted by Gasteiger charge is -2.33. The molecule has 23 heavy (non-hydrogen) atoms. The molecule has 1 aliphatic rings. The van der Waals surface area contributed by atoms with Crippen LogP contribution in [-0.4, -0.2) is 50.7 Å². The van der Waals surface area contributed by atoms with Gasteiger partial charge in [0, 0.05) is 19.5 Å². The standard InChI is InChI=1S/C15H18FN5O2/c16-13-5-3-12(4-6-13)14-10-20(8-9-23-14)15(22)2-1-7-21-11-17-18-19-21/h3-6,11,14H,1-2,7-10H2/t14-/m1/s1. The molecule has 1 saturated heterocycles. The van der Waals surface area contributed by atoms with Crippen molar-refractivity contribution in [3.63, 3.8) is 0 Å². The van der Waals surface area contributed by atoms with Crippen molar-refractivity contribution in [2.24, 2.45) is 0 Å². The van der Waals surface area contributed by atoms with Gasteiger partial charge in [0.2, 0.25) is 5.91 Å². The van der Waals surface area contributed by atoms with E-state index in [2.05, 4.69) is 15.5 Å². The maximum atomic E-state index is 13.0. The number of rotatable bonds is 5. The fourth-order valence-corrected chi connectivity index (χ4v) is 2.59. The molecule has 0 saturated carbocycles. The van der Waals surface area contributed by atoms with E-state index < -0.39 is 0 Å². The van der Waals surface area contributed by atoms with Gasteiger partial charge in [-0.2, -0.15) is 0 Å². The summed E-state index contributed by atoms with van der Waals surface area (Å²) in [6, 6.07) is 6.22. The van der Waals surface area contributed by atoms with Gasteiger partial charge in [-0.25, -0.2) is 9.07 Å². The lowest BCUT2D eigenvalue weighted by atomic mass is 10.1. The van der Waals surface area contributed by atoms with Gasteiger partial charge in [-0.05, 0) is 34.5 Å². The molecular formula is C15H18FN5O2. The van der Waals surface area contributed by atoms with Crippen molar-refractivity contribution >= 4 is 5.91 Å². The van der Waals surface area contributed by atoms with Crippen LogP contribution in [0.2, 0.25) is 0 Å². The smallest absolute Gasteiger partial charge is 0.222 e. The van der Waals surface area contributed by atoms with Crippen molar-refractivity contribution < 1.29 is 13.9 Å². The van der Waals surface area contributed by atoms with E-state index in [1.165, 1.54) is 18.5 Å². The molecular weight excluding hydrogens is 301 g/mol. The number of tetrazole rings is 1. The second kappa shape index (κ2) is 7.28. The summed E-state index contributed by atoms with van der Waals surface area (Å²) in [6.45, 7) is 2.18. The Hall–Kier alpha value is -2.35. The first-order valence-electron chi connectivity index (χ1n) is 7.58. The van der Waals surface area contributed by atoms with Crippen LogP contribution in [-0.2, 0) is 16.1 Å². The first-order valence-corrected chi connectivity index (χ1v) is 7.58. The Kier molecular flexibility index (Phi) is 4.92. The molecule has 1 aliphatic heterocycles. The quantitative estimate of drug-likeness (QED) is 0.828. The number of nitrogens with zero attached hydrogens (tertiary/aromatic N) is 5. The highest BCUT2D eigenvalue weighted by atomic mass is 19.1. The molecule has 1 aromatic carbocycles. The summed E-state index contributed by atoms with van der Waals surface area (Å²) in [5, 5.41) is 10.9. The van der Waals surface area contributed by atoms with Gasteiger partial charge in [0.1, 0.15) is 18.2 Å². The molecule has 0 bridgehead atoms. The zero-order valence-corrected chi connectivity index (χ0v) is 12.6. The first-order chi connectivity index (χ1) is 11.2. The number of ether oxygens (including phenoxy) is 1. The van der Waals surface area contributed by atoms with Gasteiger partial charge in [-0.3, -0.25) is 4.79 Å². The van der Waals surface area contributed by atoms with E-state index >= 15 is 0 Å². The third-order valence-electron chi connectivity index (χ3n) is 3.83. The van der Waals surface area contributed by atoms with Gasteiger partial charge < -0.3 is 9.64 Å². The number of aryl methyl sites for hydroxylation is 1. The van der Waals surface area contributed by atoms with Gasteiger partial charge in [0.25, 0.3) is 0 Å². The van der Waals surface area contributed by atoms with Gasteiger partial charge in [0.15, 0.2) is 0 Å². The number of carbonyl (C=O) groups excluding carboxylic acids is 1. The molecule has 0 spiro atoms. The molecule has 2 aromatic rings. The minimum absolute atomic E-state index is 0.0912. The molecule has 0 radical (unpaired) electrons. The Morgan fingerprint density at radius 2 is 2.17 bits per heavy atom. The molecule has 1 fully saturated rings. The zero-order valence-electron chi connectivity index (χ0n) is 12.6. The van der Waals surface area contributed by atoms with Crippen LogP contribution in [0.1, 0.15) is 24.5 Å². The lowest BCUT2D eigenvalue weighted by Crippen LogP contribution is -2.42. The molecule has 0 unspecified atom stereocenters. The Bertz CT molecular complexity index is 632. The third-order valence-corrected chi connectivity index (χ3v) is 3.83. The minimum atomic E-state index is -0.278. The molecule has 1 amide bonds. The van der Waals surface area contributed by atoms with E-state index in [0.717, 1.165) is 5.56 Å². The number of amides is 1. The van der Waals surface area contributed by atoms with Crippen molar-refractivity contribution in [1.29, 1.82) is 0 Å². The topological polar surface area (TPSA) is 73.1 Å². The number of carbonyl (C=O) groups is 1. The van der Waals surface area contributed by atoms with Crippen LogP contribution in [0.25, 0.3) is 0 Å². The van der Waals surface area contributed by atoms with Gasteiger partial charge in [0.05, 0.1) is 13.2 Å². The normalized spacial score (nSPS) is 18.1. The predicted octanol–water partition coefficient (Wildman–Crippen LogP) is 1.19. The van der Waals surface area contributed by atoms with Crippen LogP contribution in [0.3, 0.4) is 0 Å². The van der Waals surface area contributed by atoms with E-state index in [-0.39, 0.29) is 17.8 Å². The van der Waals surface area contributed by atoms with Crippen LogP contribution in [0.4, 0.5) is 4.39 Å². The van der Waals surface area contributed by atoms with E-state index in [0.29, 0.717) is 39.1 Å². The zero-order chi connectivity index (χ0) is 16.1. The third kappa shape index (κ3) is 4.10. The summed E-state index contributed by atoms with van der Waals surface area (Å²) in [5.41, 5.74) is 0.887. The molecule has 1 atom stereocenters. The molecule has 122 valence electrons. The first kappa shape index (κ1) is 15.5. The van der Waals surface area contributed by atoms with E-state index in [4.69, 9.17) is 4.74 Å². The fourth-order valence-electron chi connectivity index (χ4n) is 2.59. The Morgan fingerprint density at radius 1 is 1.35 bits per heavy atom. The number of hydrogen-bond donors (Lipinski definition) is 0. The van der Waals surface area contributed by atoms with Crippen molar-refractivity contribution in [1.82, 2.24) is 25.1 Å². The fraction of sp³-hybridized carbons (Fsp3) is 0.467. The average molecular weight is 319 g/mol. The van der Waals surface area contributed by atoms with Crippen molar-refractivity contribution in [3.05, 3.63) is 42.0 Å². The Morgan fingerprint density at radius 3 is 2.91 bits per heavy atom. The number of halogens is 1. The minimum Gasteiger partial charge on any atom is -0.370 e.